The number of piperidine rings is 2. The number of aliphatic hydroxyl groups excluding tert-OH is 1. The number of aliphatic hydroxyl groups is 1. The molecule has 2 fully saturated rings. The summed E-state index contributed by atoms with van der Waals surface area (Å²) in [5.41, 5.74) is 0.887. The Balaban J connectivity index is 1.69. The van der Waals surface area contributed by atoms with Gasteiger partial charge in [0.1, 0.15) is 0 Å². The van der Waals surface area contributed by atoms with Gasteiger partial charge in [-0.25, -0.2) is 0 Å². The van der Waals surface area contributed by atoms with Crippen molar-refractivity contribution in [3.05, 3.63) is 30.1 Å². The molecule has 6 nitrogen and oxygen atoms in total. The lowest BCUT2D eigenvalue weighted by Gasteiger charge is -2.48. The van der Waals surface area contributed by atoms with E-state index in [1.165, 1.54) is 0 Å². The molecule has 1 aromatic rings. The third-order valence-corrected chi connectivity index (χ3v) is 5.17. The second-order valence-corrected chi connectivity index (χ2v) is 6.96. The van der Waals surface area contributed by atoms with Crippen molar-refractivity contribution in [3.63, 3.8) is 0 Å². The first-order chi connectivity index (χ1) is 11.6. The number of aromatic nitrogens is 1. The molecule has 3 heterocycles. The van der Waals surface area contributed by atoms with Crippen LogP contribution in [0.15, 0.2) is 24.4 Å². The molecule has 1 unspecified atom stereocenters. The predicted octanol–water partition coefficient (Wildman–Crippen LogP) is 1.20. The van der Waals surface area contributed by atoms with Gasteiger partial charge in [0.15, 0.2) is 0 Å². The second kappa shape index (κ2) is 7.30. The van der Waals surface area contributed by atoms with Crippen LogP contribution in [0.3, 0.4) is 0 Å². The van der Waals surface area contributed by atoms with Crippen molar-refractivity contribution in [2.24, 2.45) is 5.41 Å². The number of pyridine rings is 1. The number of hydrogen-bond acceptors (Lipinski definition) is 4. The van der Waals surface area contributed by atoms with E-state index in [1.807, 2.05) is 28.0 Å². The number of nitrogens with zero attached hydrogens (tertiary/aromatic N) is 3. The summed E-state index contributed by atoms with van der Waals surface area (Å²) in [5, 5.41) is 9.00. The average molecular weight is 331 g/mol. The van der Waals surface area contributed by atoms with E-state index in [0.29, 0.717) is 26.1 Å². The average Bonchev–Trinajstić information content (AvgIpc) is 2.60. The monoisotopic (exact) mass is 331 g/mol. The molecular weight excluding hydrogens is 306 g/mol. The molecule has 0 aromatic carbocycles. The van der Waals surface area contributed by atoms with Crippen LogP contribution in [0.5, 0.6) is 0 Å². The van der Waals surface area contributed by atoms with Crippen LogP contribution < -0.4 is 0 Å². The zero-order valence-electron chi connectivity index (χ0n) is 14.0. The lowest BCUT2D eigenvalue weighted by atomic mass is 9.73. The molecule has 1 spiro atoms. The summed E-state index contributed by atoms with van der Waals surface area (Å²) in [5.74, 6) is 0.190. The number of rotatable bonds is 4. The highest BCUT2D eigenvalue weighted by atomic mass is 16.3. The highest BCUT2D eigenvalue weighted by molar-refractivity contribution is 5.78. The lowest BCUT2D eigenvalue weighted by Crippen LogP contribution is -2.54. The van der Waals surface area contributed by atoms with Crippen LogP contribution in [0.25, 0.3) is 0 Å². The Morgan fingerprint density at radius 3 is 2.92 bits per heavy atom. The van der Waals surface area contributed by atoms with Crippen molar-refractivity contribution in [1.29, 1.82) is 0 Å². The summed E-state index contributed by atoms with van der Waals surface area (Å²) in [7, 11) is 0. The van der Waals surface area contributed by atoms with Crippen LogP contribution >= 0.6 is 0 Å². The standard InChI is InChI=1S/C18H25N3O3/c22-11-6-17(24)20-10-3-7-18(13-20)8-5-16(23)21(14-18)12-15-4-1-2-9-19-15/h1-2,4,9,22H,3,5-8,10-14H2. The van der Waals surface area contributed by atoms with Crippen molar-refractivity contribution < 1.29 is 14.7 Å². The molecule has 24 heavy (non-hydrogen) atoms. The molecule has 0 aliphatic carbocycles. The van der Waals surface area contributed by atoms with Gasteiger partial charge in [0, 0.05) is 44.1 Å². The van der Waals surface area contributed by atoms with Crippen LogP contribution in [-0.4, -0.2) is 57.9 Å². The third kappa shape index (κ3) is 3.75. The Labute approximate surface area is 142 Å². The summed E-state index contributed by atoms with van der Waals surface area (Å²) in [6, 6.07) is 5.74. The fourth-order valence-electron chi connectivity index (χ4n) is 3.94. The number of amides is 2. The molecule has 6 heteroatoms. The quantitative estimate of drug-likeness (QED) is 0.899. The fraction of sp³-hybridized carbons (Fsp3) is 0.611. The topological polar surface area (TPSA) is 73.7 Å². The highest BCUT2D eigenvalue weighted by Crippen LogP contribution is 2.39. The summed E-state index contributed by atoms with van der Waals surface area (Å²) < 4.78 is 0. The predicted molar refractivity (Wildman–Crippen MR) is 88.8 cm³/mol. The van der Waals surface area contributed by atoms with Gasteiger partial charge in [0.2, 0.25) is 11.8 Å². The van der Waals surface area contributed by atoms with Crippen LogP contribution in [0.4, 0.5) is 0 Å². The third-order valence-electron chi connectivity index (χ3n) is 5.17. The lowest BCUT2D eigenvalue weighted by molar-refractivity contribution is -0.144. The molecule has 0 radical (unpaired) electrons. The van der Waals surface area contributed by atoms with E-state index in [1.54, 1.807) is 6.20 Å². The van der Waals surface area contributed by atoms with Gasteiger partial charge in [0.05, 0.1) is 18.8 Å². The van der Waals surface area contributed by atoms with Gasteiger partial charge in [-0.2, -0.15) is 0 Å². The zero-order chi connectivity index (χ0) is 17.0. The van der Waals surface area contributed by atoms with Crippen molar-refractivity contribution >= 4 is 11.8 Å². The zero-order valence-corrected chi connectivity index (χ0v) is 14.0. The van der Waals surface area contributed by atoms with Crippen molar-refractivity contribution in [1.82, 2.24) is 14.8 Å². The van der Waals surface area contributed by atoms with Crippen molar-refractivity contribution in [2.45, 2.75) is 38.6 Å². The molecule has 3 rings (SSSR count). The Morgan fingerprint density at radius 1 is 1.29 bits per heavy atom. The van der Waals surface area contributed by atoms with Gasteiger partial charge >= 0.3 is 0 Å². The summed E-state index contributed by atoms with van der Waals surface area (Å²) in [4.78, 5) is 32.5. The van der Waals surface area contributed by atoms with E-state index in [2.05, 4.69) is 4.98 Å². The largest absolute Gasteiger partial charge is 0.396 e. The first kappa shape index (κ1) is 16.9. The van der Waals surface area contributed by atoms with Gasteiger partial charge in [-0.15, -0.1) is 0 Å². The molecule has 1 aromatic heterocycles. The van der Waals surface area contributed by atoms with Gasteiger partial charge in [-0.3, -0.25) is 14.6 Å². The fourth-order valence-corrected chi connectivity index (χ4v) is 3.94. The number of carbonyl (C=O) groups excluding carboxylic acids is 2. The molecule has 0 saturated carbocycles. The van der Waals surface area contributed by atoms with E-state index >= 15 is 0 Å². The van der Waals surface area contributed by atoms with E-state index in [9.17, 15) is 9.59 Å². The molecule has 2 saturated heterocycles. The molecule has 1 atom stereocenters. The maximum absolute atomic E-state index is 12.3. The van der Waals surface area contributed by atoms with Crippen molar-refractivity contribution in [3.8, 4) is 0 Å². The SMILES string of the molecule is O=C(CCO)N1CCCC2(CCC(=O)N(Cc3ccccn3)C2)C1. The maximum atomic E-state index is 12.3. The Morgan fingerprint density at radius 2 is 2.17 bits per heavy atom. The Kier molecular flexibility index (Phi) is 5.14. The maximum Gasteiger partial charge on any atom is 0.224 e. The summed E-state index contributed by atoms with van der Waals surface area (Å²) in [6.07, 6.45) is 5.31. The van der Waals surface area contributed by atoms with E-state index < -0.39 is 0 Å². The van der Waals surface area contributed by atoms with Crippen LogP contribution in [0.1, 0.15) is 37.8 Å². The molecule has 130 valence electrons. The summed E-state index contributed by atoms with van der Waals surface area (Å²) in [6.45, 7) is 2.57. The van der Waals surface area contributed by atoms with E-state index in [4.69, 9.17) is 5.11 Å². The first-order valence-electron chi connectivity index (χ1n) is 8.68. The van der Waals surface area contributed by atoms with Gasteiger partial charge in [0.25, 0.3) is 0 Å². The highest BCUT2D eigenvalue weighted by Gasteiger charge is 2.42. The van der Waals surface area contributed by atoms with Gasteiger partial charge in [-0.1, -0.05) is 6.07 Å². The minimum Gasteiger partial charge on any atom is -0.396 e. The van der Waals surface area contributed by atoms with E-state index in [0.717, 1.165) is 31.5 Å². The van der Waals surface area contributed by atoms with Gasteiger partial charge < -0.3 is 14.9 Å². The molecule has 2 amide bonds. The second-order valence-electron chi connectivity index (χ2n) is 6.96. The normalized spacial score (nSPS) is 24.5. The van der Waals surface area contributed by atoms with Crippen LogP contribution in [0, 0.1) is 5.41 Å². The molecule has 1 N–H and O–H groups in total. The summed E-state index contributed by atoms with van der Waals surface area (Å²) >= 11 is 0. The Bertz CT molecular complexity index is 592. The molecular formula is C18H25N3O3. The smallest absolute Gasteiger partial charge is 0.224 e. The molecule has 2 aliphatic heterocycles. The minimum absolute atomic E-state index is 0.00788. The Hall–Kier alpha value is -1.95. The number of likely N-dealkylation sites (tertiary alicyclic amines) is 2. The van der Waals surface area contributed by atoms with Crippen LogP contribution in [0.2, 0.25) is 0 Å². The molecule has 0 bridgehead atoms. The molecule has 2 aliphatic rings. The number of hydrogen-bond donors (Lipinski definition) is 1. The first-order valence-corrected chi connectivity index (χ1v) is 8.68. The minimum atomic E-state index is -0.105. The number of carbonyl (C=O) groups is 2. The van der Waals surface area contributed by atoms with Crippen LogP contribution in [-0.2, 0) is 16.1 Å². The van der Waals surface area contributed by atoms with Crippen molar-refractivity contribution in [2.75, 3.05) is 26.2 Å². The van der Waals surface area contributed by atoms with E-state index in [-0.39, 0.29) is 30.3 Å². The van der Waals surface area contributed by atoms with Gasteiger partial charge in [-0.05, 0) is 31.4 Å².